The predicted octanol–water partition coefficient (Wildman–Crippen LogP) is 4.39. The number of hydrogen-bond acceptors (Lipinski definition) is 2. The van der Waals surface area contributed by atoms with Gasteiger partial charge in [-0.05, 0) is 43.5 Å². The molecule has 0 aliphatic heterocycles. The molecule has 0 aromatic heterocycles. The maximum atomic E-state index is 10.0. The lowest BCUT2D eigenvalue weighted by molar-refractivity contribution is 0.0344. The summed E-state index contributed by atoms with van der Waals surface area (Å²) >= 11 is 0. The van der Waals surface area contributed by atoms with Gasteiger partial charge in [0.05, 0.1) is 12.2 Å². The Hall–Kier alpha value is -0.643. The number of aryl methyl sites for hydroxylation is 1. The zero-order chi connectivity index (χ0) is 15.4. The van der Waals surface area contributed by atoms with Gasteiger partial charge < -0.3 is 9.53 Å². The second-order valence-corrected chi connectivity index (χ2v) is 11.9. The van der Waals surface area contributed by atoms with Crippen LogP contribution in [0.25, 0.3) is 0 Å². The molecule has 0 fully saturated rings. The summed E-state index contributed by atoms with van der Waals surface area (Å²) < 4.78 is 6.37. The fraction of sp³-hybridized carbons (Fsp3) is 0.647. The molecule has 0 aliphatic carbocycles. The number of hydrogen-bond donors (Lipinski definition) is 1. The predicted molar refractivity (Wildman–Crippen MR) is 88.5 cm³/mol. The maximum Gasteiger partial charge on any atom is 0.192 e. The Morgan fingerprint density at radius 2 is 1.70 bits per heavy atom. The van der Waals surface area contributed by atoms with Crippen molar-refractivity contribution < 1.29 is 9.53 Å². The van der Waals surface area contributed by atoms with Gasteiger partial charge in [0.1, 0.15) is 0 Å². The largest absolute Gasteiger partial charge is 0.411 e. The standard InChI is InChI=1S/C17H30O2Si/c1-14(18)16(19-20(5,6)17(2,3)4)13-12-15-10-8-7-9-11-15/h7-11,14,16,18H,12-13H2,1-6H3. The second kappa shape index (κ2) is 6.88. The first-order valence-corrected chi connectivity index (χ1v) is 10.4. The van der Waals surface area contributed by atoms with Gasteiger partial charge in [-0.2, -0.15) is 0 Å². The van der Waals surface area contributed by atoms with Crippen molar-refractivity contribution in [2.45, 2.75) is 70.9 Å². The molecule has 0 spiro atoms. The molecule has 1 aromatic carbocycles. The SMILES string of the molecule is CC(O)C(CCc1ccccc1)O[Si](C)(C)C(C)(C)C. The summed E-state index contributed by atoms with van der Waals surface area (Å²) in [4.78, 5) is 0. The molecule has 0 bridgehead atoms. The number of aliphatic hydroxyl groups is 1. The van der Waals surface area contributed by atoms with Crippen molar-refractivity contribution in [2.24, 2.45) is 0 Å². The van der Waals surface area contributed by atoms with Crippen LogP contribution in [0.15, 0.2) is 30.3 Å². The number of rotatable bonds is 6. The van der Waals surface area contributed by atoms with E-state index in [4.69, 9.17) is 4.43 Å². The Bertz CT molecular complexity index is 393. The third-order valence-electron chi connectivity index (χ3n) is 4.35. The Balaban J connectivity index is 2.66. The summed E-state index contributed by atoms with van der Waals surface area (Å²) in [5.41, 5.74) is 1.30. The van der Waals surface area contributed by atoms with E-state index in [1.165, 1.54) is 5.56 Å². The molecule has 2 atom stereocenters. The summed E-state index contributed by atoms with van der Waals surface area (Å²) in [5.74, 6) is 0. The molecule has 114 valence electrons. The van der Waals surface area contributed by atoms with E-state index < -0.39 is 14.4 Å². The van der Waals surface area contributed by atoms with Gasteiger partial charge in [0.2, 0.25) is 0 Å². The van der Waals surface area contributed by atoms with Crippen molar-refractivity contribution in [3.05, 3.63) is 35.9 Å². The van der Waals surface area contributed by atoms with E-state index >= 15 is 0 Å². The molecule has 1 rings (SSSR count). The molecule has 0 saturated carbocycles. The van der Waals surface area contributed by atoms with Crippen LogP contribution in [0.4, 0.5) is 0 Å². The van der Waals surface area contributed by atoms with Crippen LogP contribution in [0.2, 0.25) is 18.1 Å². The fourth-order valence-electron chi connectivity index (χ4n) is 1.91. The molecule has 1 aromatic rings. The lowest BCUT2D eigenvalue weighted by atomic mass is 10.0. The minimum absolute atomic E-state index is 0.0731. The highest BCUT2D eigenvalue weighted by Crippen LogP contribution is 2.38. The maximum absolute atomic E-state index is 10.0. The zero-order valence-corrected chi connectivity index (χ0v) is 14.8. The van der Waals surface area contributed by atoms with Crippen molar-refractivity contribution in [1.82, 2.24) is 0 Å². The van der Waals surface area contributed by atoms with Gasteiger partial charge in [0, 0.05) is 0 Å². The van der Waals surface area contributed by atoms with E-state index in [0.717, 1.165) is 12.8 Å². The Kier molecular flexibility index (Phi) is 5.99. The van der Waals surface area contributed by atoms with E-state index in [0.29, 0.717) is 0 Å². The van der Waals surface area contributed by atoms with E-state index in [1.54, 1.807) is 0 Å². The first-order valence-electron chi connectivity index (χ1n) is 7.53. The van der Waals surface area contributed by atoms with Gasteiger partial charge in [-0.1, -0.05) is 51.1 Å². The Morgan fingerprint density at radius 1 is 1.15 bits per heavy atom. The Labute approximate surface area is 125 Å². The third kappa shape index (κ3) is 5.04. The lowest BCUT2D eigenvalue weighted by Gasteiger charge is -2.40. The highest BCUT2D eigenvalue weighted by atomic mass is 28.4. The number of aliphatic hydroxyl groups excluding tert-OH is 1. The van der Waals surface area contributed by atoms with Crippen molar-refractivity contribution in [3.8, 4) is 0 Å². The monoisotopic (exact) mass is 294 g/mol. The fourth-order valence-corrected chi connectivity index (χ4v) is 3.33. The van der Waals surface area contributed by atoms with Crippen molar-refractivity contribution >= 4 is 8.32 Å². The van der Waals surface area contributed by atoms with Gasteiger partial charge in [0.25, 0.3) is 0 Å². The number of benzene rings is 1. The van der Waals surface area contributed by atoms with E-state index in [2.05, 4.69) is 58.1 Å². The summed E-state index contributed by atoms with van der Waals surface area (Å²) in [7, 11) is -1.83. The molecule has 0 amide bonds. The minimum Gasteiger partial charge on any atom is -0.411 e. The summed E-state index contributed by atoms with van der Waals surface area (Å²) in [6.07, 6.45) is 1.32. The molecular formula is C17H30O2Si. The van der Waals surface area contributed by atoms with E-state index in [-0.39, 0.29) is 11.1 Å². The molecule has 0 radical (unpaired) electrons. The van der Waals surface area contributed by atoms with Gasteiger partial charge in [-0.3, -0.25) is 0 Å². The molecule has 0 heterocycles. The molecule has 20 heavy (non-hydrogen) atoms. The summed E-state index contributed by atoms with van der Waals surface area (Å²) in [6.45, 7) is 13.0. The topological polar surface area (TPSA) is 29.5 Å². The average Bonchev–Trinajstić information content (AvgIpc) is 2.34. The molecule has 2 unspecified atom stereocenters. The van der Waals surface area contributed by atoms with Crippen LogP contribution in [-0.2, 0) is 10.8 Å². The molecular weight excluding hydrogens is 264 g/mol. The van der Waals surface area contributed by atoms with Crippen LogP contribution < -0.4 is 0 Å². The van der Waals surface area contributed by atoms with Crippen LogP contribution in [-0.4, -0.2) is 25.6 Å². The molecule has 1 N–H and O–H groups in total. The average molecular weight is 295 g/mol. The first kappa shape index (κ1) is 17.4. The molecule has 3 heteroatoms. The molecule has 0 saturated heterocycles. The quantitative estimate of drug-likeness (QED) is 0.788. The molecule has 2 nitrogen and oxygen atoms in total. The van der Waals surface area contributed by atoms with Crippen molar-refractivity contribution in [1.29, 1.82) is 0 Å². The van der Waals surface area contributed by atoms with Crippen LogP contribution >= 0.6 is 0 Å². The van der Waals surface area contributed by atoms with E-state index in [9.17, 15) is 5.11 Å². The van der Waals surface area contributed by atoms with Gasteiger partial charge in [0.15, 0.2) is 8.32 Å². The third-order valence-corrected chi connectivity index (χ3v) is 8.85. The first-order chi connectivity index (χ1) is 9.13. The van der Waals surface area contributed by atoms with Crippen LogP contribution in [0.1, 0.15) is 39.7 Å². The van der Waals surface area contributed by atoms with Gasteiger partial charge in [-0.15, -0.1) is 0 Å². The second-order valence-electron chi connectivity index (χ2n) is 7.18. The Morgan fingerprint density at radius 3 is 2.15 bits per heavy atom. The molecule has 0 aliphatic rings. The normalized spacial score (nSPS) is 15.9. The van der Waals surface area contributed by atoms with Crippen LogP contribution in [0, 0.1) is 0 Å². The highest BCUT2D eigenvalue weighted by Gasteiger charge is 2.39. The lowest BCUT2D eigenvalue weighted by Crippen LogP contribution is -2.46. The van der Waals surface area contributed by atoms with Gasteiger partial charge in [-0.25, -0.2) is 0 Å². The van der Waals surface area contributed by atoms with Crippen molar-refractivity contribution in [2.75, 3.05) is 0 Å². The van der Waals surface area contributed by atoms with E-state index in [1.807, 2.05) is 13.0 Å². The highest BCUT2D eigenvalue weighted by molar-refractivity contribution is 6.74. The van der Waals surface area contributed by atoms with Crippen LogP contribution in [0.5, 0.6) is 0 Å². The minimum atomic E-state index is -1.83. The van der Waals surface area contributed by atoms with Gasteiger partial charge >= 0.3 is 0 Å². The summed E-state index contributed by atoms with van der Waals surface area (Å²) in [6, 6.07) is 10.4. The van der Waals surface area contributed by atoms with Crippen LogP contribution in [0.3, 0.4) is 0 Å². The summed E-state index contributed by atoms with van der Waals surface area (Å²) in [5, 5.41) is 10.2. The van der Waals surface area contributed by atoms with Crippen molar-refractivity contribution in [3.63, 3.8) is 0 Å². The zero-order valence-electron chi connectivity index (χ0n) is 13.8. The smallest absolute Gasteiger partial charge is 0.192 e.